The van der Waals surface area contributed by atoms with Crippen LogP contribution < -0.4 is 0 Å². The minimum atomic E-state index is -1.30. The molecule has 1 fully saturated rings. The first kappa shape index (κ1) is 27.3. The summed E-state index contributed by atoms with van der Waals surface area (Å²) < 4.78 is 26.7. The van der Waals surface area contributed by atoms with Crippen molar-refractivity contribution < 1.29 is 23.9 Å². The fourth-order valence-corrected chi connectivity index (χ4v) is 5.80. The van der Waals surface area contributed by atoms with Crippen molar-refractivity contribution in [2.75, 3.05) is 26.6 Å². The minimum Gasteiger partial charge on any atom is -0.597 e. The smallest absolute Gasteiger partial charge is 0.310 e. The van der Waals surface area contributed by atoms with Crippen molar-refractivity contribution >= 4 is 25.4 Å². The largest absolute Gasteiger partial charge is 0.597 e. The van der Waals surface area contributed by atoms with Crippen LogP contribution in [-0.4, -0.2) is 59.3 Å². The average molecular weight is 484 g/mol. The Morgan fingerprint density at radius 3 is 2.28 bits per heavy atom. The number of hydrogen-bond donors (Lipinski definition) is 1. The average Bonchev–Trinajstić information content (AvgIpc) is 2.65. The molecule has 1 N–H and O–H groups in total. The Hall–Kier alpha value is -0.903. The van der Waals surface area contributed by atoms with Gasteiger partial charge < -0.3 is 19.1 Å². The third-order valence-electron chi connectivity index (χ3n) is 5.81. The highest BCUT2D eigenvalue weighted by molar-refractivity contribution is 7.90. The third kappa shape index (κ3) is 6.81. The molecule has 0 bridgehead atoms. The van der Waals surface area contributed by atoms with Gasteiger partial charge in [0.05, 0.1) is 19.1 Å². The SMILES string of the molecule is CCCC(C(=O)O)c1ccc(C2(N(COCC[Si](C)(C)C)[S+]([O-])C(C)(C)C)COC2)cc1. The monoisotopic (exact) mass is 483 g/mol. The van der Waals surface area contributed by atoms with Gasteiger partial charge in [0.15, 0.2) is 0 Å². The van der Waals surface area contributed by atoms with Gasteiger partial charge in [-0.2, -0.15) is 0 Å². The highest BCUT2D eigenvalue weighted by Crippen LogP contribution is 2.41. The topological polar surface area (TPSA) is 82.1 Å². The molecular weight excluding hydrogens is 442 g/mol. The number of ether oxygens (including phenoxy) is 2. The Morgan fingerprint density at radius 1 is 1.28 bits per heavy atom. The second-order valence-electron chi connectivity index (χ2n) is 10.9. The molecule has 1 aromatic carbocycles. The Bertz CT molecular complexity index is 740. The van der Waals surface area contributed by atoms with Crippen LogP contribution in [0.4, 0.5) is 0 Å². The summed E-state index contributed by atoms with van der Waals surface area (Å²) >= 11 is -1.30. The van der Waals surface area contributed by atoms with E-state index in [2.05, 4.69) is 19.6 Å². The van der Waals surface area contributed by atoms with Gasteiger partial charge in [0, 0.05) is 26.0 Å². The van der Waals surface area contributed by atoms with Crippen LogP contribution in [0.5, 0.6) is 0 Å². The molecule has 182 valence electrons. The molecule has 1 aliphatic rings. The molecule has 0 radical (unpaired) electrons. The van der Waals surface area contributed by atoms with Crippen molar-refractivity contribution in [2.24, 2.45) is 0 Å². The maximum Gasteiger partial charge on any atom is 0.310 e. The molecule has 0 aliphatic carbocycles. The van der Waals surface area contributed by atoms with E-state index in [0.717, 1.165) is 23.6 Å². The summed E-state index contributed by atoms with van der Waals surface area (Å²) in [6.07, 6.45) is 1.41. The molecule has 6 nitrogen and oxygen atoms in total. The Morgan fingerprint density at radius 2 is 1.88 bits per heavy atom. The predicted octanol–water partition coefficient (Wildman–Crippen LogP) is 4.96. The molecule has 0 saturated carbocycles. The van der Waals surface area contributed by atoms with Crippen LogP contribution in [0.3, 0.4) is 0 Å². The molecule has 1 heterocycles. The first-order valence-corrected chi connectivity index (χ1v) is 16.3. The van der Waals surface area contributed by atoms with Crippen LogP contribution in [0.25, 0.3) is 0 Å². The van der Waals surface area contributed by atoms with Crippen molar-refractivity contribution in [3.8, 4) is 0 Å². The van der Waals surface area contributed by atoms with Gasteiger partial charge in [-0.05, 0) is 44.4 Å². The summed E-state index contributed by atoms with van der Waals surface area (Å²) in [6.45, 7) is 16.6. The van der Waals surface area contributed by atoms with Gasteiger partial charge in [-0.3, -0.25) is 4.79 Å². The first-order valence-electron chi connectivity index (χ1n) is 11.5. The van der Waals surface area contributed by atoms with Crippen molar-refractivity contribution in [1.29, 1.82) is 0 Å². The Kier molecular flexibility index (Phi) is 9.41. The van der Waals surface area contributed by atoms with Crippen molar-refractivity contribution in [1.82, 2.24) is 4.31 Å². The lowest BCUT2D eigenvalue weighted by Gasteiger charge is -2.50. The predicted molar refractivity (Wildman–Crippen MR) is 133 cm³/mol. The number of aliphatic carboxylic acids is 1. The number of nitrogens with zero attached hydrogens (tertiary/aromatic N) is 1. The first-order chi connectivity index (χ1) is 14.8. The summed E-state index contributed by atoms with van der Waals surface area (Å²) in [5.74, 6) is -1.31. The number of hydrogen-bond acceptors (Lipinski definition) is 5. The zero-order valence-electron chi connectivity index (χ0n) is 20.8. The zero-order chi connectivity index (χ0) is 24.2. The zero-order valence-corrected chi connectivity index (χ0v) is 22.6. The van der Waals surface area contributed by atoms with Crippen molar-refractivity contribution in [3.05, 3.63) is 35.4 Å². The van der Waals surface area contributed by atoms with Crippen LogP contribution in [-0.2, 0) is 31.2 Å². The second-order valence-corrected chi connectivity index (χ2v) is 18.7. The molecular formula is C24H41NO5SSi. The summed E-state index contributed by atoms with van der Waals surface area (Å²) in [7, 11) is -1.22. The van der Waals surface area contributed by atoms with Crippen LogP contribution in [0.15, 0.2) is 24.3 Å². The maximum atomic E-state index is 13.6. The second kappa shape index (κ2) is 11.0. The molecule has 0 amide bonds. The van der Waals surface area contributed by atoms with Gasteiger partial charge in [0.25, 0.3) is 0 Å². The number of carboxylic acid groups (broad SMARTS) is 1. The molecule has 0 spiro atoms. The van der Waals surface area contributed by atoms with Gasteiger partial charge in [-0.25, -0.2) is 0 Å². The number of rotatable bonds is 12. The lowest BCUT2D eigenvalue weighted by Crippen LogP contribution is -2.64. The van der Waals surface area contributed by atoms with E-state index in [1.165, 1.54) is 0 Å². The van der Waals surface area contributed by atoms with Crippen LogP contribution in [0.1, 0.15) is 57.6 Å². The van der Waals surface area contributed by atoms with Crippen LogP contribution in [0, 0.1) is 0 Å². The molecule has 2 atom stereocenters. The normalized spacial score (nSPS) is 18.3. The minimum absolute atomic E-state index is 0.271. The van der Waals surface area contributed by atoms with E-state index in [1.807, 2.05) is 56.3 Å². The quantitative estimate of drug-likeness (QED) is 0.196. The standard InChI is InChI=1S/C24H41NO5SSi/c1-8-9-21(22(26)27)19-10-12-20(13-11-19)24(16-30-17-24)25(31(28)23(2,3)4)18-29-14-15-32(5,6)7/h10-13,21H,8-9,14-18H2,1-7H3,(H,26,27). The fraction of sp³-hybridized carbons (Fsp3) is 0.708. The summed E-state index contributed by atoms with van der Waals surface area (Å²) in [4.78, 5) is 11.7. The molecule has 32 heavy (non-hydrogen) atoms. The van der Waals surface area contributed by atoms with Gasteiger partial charge in [-0.1, -0.05) is 61.6 Å². The van der Waals surface area contributed by atoms with E-state index in [1.54, 1.807) is 0 Å². The molecule has 2 unspecified atom stereocenters. The number of carboxylic acids is 1. The van der Waals surface area contributed by atoms with Crippen molar-refractivity contribution in [3.63, 3.8) is 0 Å². The number of carbonyl (C=O) groups is 1. The Labute approximate surface area is 198 Å². The molecule has 2 rings (SSSR count). The molecule has 1 saturated heterocycles. The van der Waals surface area contributed by atoms with Gasteiger partial charge in [0.2, 0.25) is 0 Å². The van der Waals surface area contributed by atoms with Crippen LogP contribution in [0.2, 0.25) is 25.7 Å². The fourth-order valence-electron chi connectivity index (χ4n) is 3.68. The molecule has 0 aromatic heterocycles. The van der Waals surface area contributed by atoms with E-state index in [9.17, 15) is 14.5 Å². The maximum absolute atomic E-state index is 13.6. The van der Waals surface area contributed by atoms with E-state index >= 15 is 0 Å². The van der Waals surface area contributed by atoms with E-state index in [0.29, 0.717) is 26.2 Å². The van der Waals surface area contributed by atoms with Gasteiger partial charge in [0.1, 0.15) is 17.0 Å². The van der Waals surface area contributed by atoms with E-state index in [4.69, 9.17) is 9.47 Å². The molecule has 1 aliphatic heterocycles. The summed E-state index contributed by atoms with van der Waals surface area (Å²) in [5.41, 5.74) is 1.24. The third-order valence-corrected chi connectivity index (χ3v) is 9.42. The Balaban J connectivity index is 2.30. The lowest BCUT2D eigenvalue weighted by molar-refractivity contribution is -0.139. The van der Waals surface area contributed by atoms with Gasteiger partial charge >= 0.3 is 5.97 Å². The van der Waals surface area contributed by atoms with E-state index in [-0.39, 0.29) is 6.73 Å². The molecule has 8 heteroatoms. The lowest BCUT2D eigenvalue weighted by atomic mass is 9.85. The number of benzene rings is 1. The summed E-state index contributed by atoms with van der Waals surface area (Å²) in [5, 5.41) is 9.59. The van der Waals surface area contributed by atoms with Gasteiger partial charge in [-0.15, -0.1) is 0 Å². The van der Waals surface area contributed by atoms with Crippen molar-refractivity contribution in [2.45, 2.75) is 82.4 Å². The van der Waals surface area contributed by atoms with Crippen LogP contribution >= 0.6 is 0 Å². The van der Waals surface area contributed by atoms with E-state index < -0.39 is 41.6 Å². The molecule has 1 aromatic rings. The highest BCUT2D eigenvalue weighted by atomic mass is 32.2. The summed E-state index contributed by atoms with van der Waals surface area (Å²) in [6, 6.07) is 8.79. The highest BCUT2D eigenvalue weighted by Gasteiger charge is 2.54.